The first-order valence-electron chi connectivity index (χ1n) is 41.0. The summed E-state index contributed by atoms with van der Waals surface area (Å²) in [5.41, 5.74) is 2.25. The van der Waals surface area contributed by atoms with Crippen LogP contribution in [0.3, 0.4) is 0 Å². The van der Waals surface area contributed by atoms with Gasteiger partial charge in [0.25, 0.3) is 0 Å². The number of nitrogens with zero attached hydrogens (tertiary/aromatic N) is 5. The van der Waals surface area contributed by atoms with Crippen molar-refractivity contribution in [1.82, 2.24) is 30.5 Å². The van der Waals surface area contributed by atoms with E-state index in [0.717, 1.165) is 31.1 Å². The number of hydrogen-bond donors (Lipinski definition) is 8. The second-order valence-electron chi connectivity index (χ2n) is 28.5. The molecule has 3 aliphatic rings. The number of nitrogens with one attached hydrogen (secondary N) is 2. The average molecular weight is 1740 g/mol. The second-order valence-corrected chi connectivity index (χ2v) is 29.8. The number of morpholine rings is 1. The van der Waals surface area contributed by atoms with Crippen molar-refractivity contribution in [2.45, 2.75) is 218 Å². The lowest BCUT2D eigenvalue weighted by Crippen LogP contribution is -2.46. The molecule has 0 radical (unpaired) electrons. The summed E-state index contributed by atoms with van der Waals surface area (Å²) in [7, 11) is 7.00. The van der Waals surface area contributed by atoms with E-state index in [1.807, 2.05) is 45.9 Å². The predicted octanol–water partition coefficient (Wildman–Crippen LogP) is 5.49. The first-order chi connectivity index (χ1) is 58.2. The first-order valence-corrected chi connectivity index (χ1v) is 42.0. The van der Waals surface area contributed by atoms with Crippen LogP contribution in [-0.4, -0.2) is 304 Å². The van der Waals surface area contributed by atoms with Crippen molar-refractivity contribution in [3.05, 3.63) is 42.6 Å². The van der Waals surface area contributed by atoms with Crippen LogP contribution in [0.5, 0.6) is 5.75 Å². The van der Waals surface area contributed by atoms with Gasteiger partial charge in [-0.3, -0.25) is 48.1 Å². The highest BCUT2D eigenvalue weighted by Crippen LogP contribution is 2.37. The number of pyridine rings is 1. The van der Waals surface area contributed by atoms with E-state index in [0.29, 0.717) is 117 Å². The number of aromatic nitrogens is 3. The number of carboxylic acids is 1. The number of ketones is 1. The van der Waals surface area contributed by atoms with Gasteiger partial charge in [0, 0.05) is 137 Å². The molecule has 8 N–H and O–H groups in total. The van der Waals surface area contributed by atoms with Crippen molar-refractivity contribution in [3.8, 4) is 17.1 Å². The molecule has 1 aliphatic carbocycles. The summed E-state index contributed by atoms with van der Waals surface area (Å²) >= 11 is 1.36. The highest BCUT2D eigenvalue weighted by Gasteiger charge is 2.41. The average Bonchev–Trinajstić information content (AvgIpc) is 1.61. The third kappa shape index (κ3) is 38.7. The van der Waals surface area contributed by atoms with Gasteiger partial charge in [0.1, 0.15) is 42.9 Å². The van der Waals surface area contributed by atoms with E-state index in [4.69, 9.17) is 106 Å². The Balaban J connectivity index is 0.000000387. The maximum absolute atomic E-state index is 13.3. The number of thioether (sulfide) groups is 1. The fourth-order valence-corrected chi connectivity index (χ4v) is 13.2. The van der Waals surface area contributed by atoms with Gasteiger partial charge in [0.15, 0.2) is 48.7 Å². The summed E-state index contributed by atoms with van der Waals surface area (Å²) in [6.45, 7) is 12.9. The van der Waals surface area contributed by atoms with Gasteiger partial charge in [-0.25, -0.2) is 19.7 Å². The number of furan rings is 1. The Hall–Kier alpha value is -8.10. The van der Waals surface area contributed by atoms with Crippen LogP contribution in [0.15, 0.2) is 47.0 Å². The minimum Gasteiger partial charge on any atom is -0.481 e. The largest absolute Gasteiger partial charge is 0.481 e. The van der Waals surface area contributed by atoms with Gasteiger partial charge in [-0.1, -0.05) is 53.7 Å². The molecule has 39 heteroatoms. The fourth-order valence-electron chi connectivity index (χ4n) is 12.2. The number of carbonyl (C=O) groups is 10. The molecule has 1 saturated carbocycles. The van der Waals surface area contributed by atoms with Crippen molar-refractivity contribution in [2.24, 2.45) is 17.8 Å². The molecule has 5 heterocycles. The van der Waals surface area contributed by atoms with Gasteiger partial charge in [0.05, 0.1) is 75.2 Å². The molecule has 0 spiro atoms. The molecule has 38 nitrogen and oxygen atoms in total. The molecule has 10 atom stereocenters. The number of carbonyl (C=O) groups excluding carboxylic acids is 9. The van der Waals surface area contributed by atoms with Crippen molar-refractivity contribution < 1.29 is 149 Å². The molecule has 682 valence electrons. The zero-order chi connectivity index (χ0) is 89.2. The van der Waals surface area contributed by atoms with E-state index in [9.17, 15) is 53.1 Å². The molecule has 3 fully saturated rings. The molecule has 7 rings (SSSR count). The Morgan fingerprint density at radius 1 is 0.620 bits per heavy atom. The summed E-state index contributed by atoms with van der Waals surface area (Å²) in [4.78, 5) is 139. The molecule has 4 amide bonds. The molecular weight excluding hydrogens is 1610 g/mol. The van der Waals surface area contributed by atoms with Crippen molar-refractivity contribution in [1.29, 1.82) is 0 Å². The number of Topliss-reactive ketones (excluding diaryl/α,β-unsaturated/α-hetero) is 1. The number of ether oxygens (including phenoxy) is 14. The van der Waals surface area contributed by atoms with Crippen LogP contribution in [0.25, 0.3) is 33.6 Å². The fraction of sp³-hybridized carbons (Fsp3) is 0.695. The van der Waals surface area contributed by atoms with Gasteiger partial charge in [-0.2, -0.15) is 0 Å². The third-order valence-electron chi connectivity index (χ3n) is 19.4. The molecule has 9 unspecified atom stereocenters. The van der Waals surface area contributed by atoms with Crippen LogP contribution >= 0.6 is 11.8 Å². The highest BCUT2D eigenvalue weighted by molar-refractivity contribution is 8.00. The molecule has 1 aromatic carbocycles. The molecule has 121 heavy (non-hydrogen) atoms. The van der Waals surface area contributed by atoms with Crippen molar-refractivity contribution >= 4 is 99.0 Å². The summed E-state index contributed by atoms with van der Waals surface area (Å²) in [5.74, 6) is -1.86. The Bertz CT molecular complexity index is 3700. The Morgan fingerprint density at radius 3 is 1.64 bits per heavy atom. The number of imide groups is 1. The van der Waals surface area contributed by atoms with Crippen LogP contribution in [0, 0.1) is 17.8 Å². The zero-order valence-electron chi connectivity index (χ0n) is 71.4. The topological polar surface area (TPSA) is 504 Å². The van der Waals surface area contributed by atoms with Crippen LogP contribution in [-0.2, 0) is 110 Å². The van der Waals surface area contributed by atoms with Crippen LogP contribution in [0.2, 0.25) is 0 Å². The monoisotopic (exact) mass is 1740 g/mol. The Kier molecular flexibility index (Phi) is 51.9. The summed E-state index contributed by atoms with van der Waals surface area (Å²) < 4.78 is 78.6. The number of rotatable bonds is 53. The minimum absolute atomic E-state index is 0.00276. The number of aliphatic hydroxyl groups is 5. The summed E-state index contributed by atoms with van der Waals surface area (Å²) in [5, 5.41) is 58.9. The van der Waals surface area contributed by atoms with E-state index in [-0.39, 0.29) is 164 Å². The van der Waals surface area contributed by atoms with E-state index in [2.05, 4.69) is 20.5 Å². The maximum atomic E-state index is 13.3. The lowest BCUT2D eigenvalue weighted by atomic mass is 9.79. The van der Waals surface area contributed by atoms with Gasteiger partial charge in [0.2, 0.25) is 29.3 Å². The Morgan fingerprint density at radius 2 is 1.14 bits per heavy atom. The Labute approximate surface area is 709 Å². The number of amides is 4. The minimum atomic E-state index is -0.945. The highest BCUT2D eigenvalue weighted by atomic mass is 32.2. The normalized spacial score (nSPS) is 17.5. The third-order valence-corrected chi connectivity index (χ3v) is 20.6. The molecule has 2 aliphatic heterocycles. The smallest absolute Gasteiger partial charge is 0.334 e. The quantitative estimate of drug-likeness (QED) is 0.00676. The van der Waals surface area contributed by atoms with Gasteiger partial charge < -0.3 is 117 Å². The van der Waals surface area contributed by atoms with Gasteiger partial charge in [-0.15, -0.1) is 11.8 Å². The number of likely N-dealkylation sites (tertiary alicyclic amines) is 1. The first kappa shape index (κ1) is 105. The van der Waals surface area contributed by atoms with E-state index in [1.165, 1.54) is 52.2 Å². The number of benzene rings is 1. The molecule has 4 aromatic rings. The van der Waals surface area contributed by atoms with Crippen molar-refractivity contribution in [2.75, 3.05) is 138 Å². The predicted molar refractivity (Wildman–Crippen MR) is 437 cm³/mol. The lowest BCUT2D eigenvalue weighted by molar-refractivity contribution is -0.251. The number of methoxy groups -OCH3 is 5. The van der Waals surface area contributed by atoms with Gasteiger partial charge in [-0.05, 0) is 100 Å². The summed E-state index contributed by atoms with van der Waals surface area (Å²) in [6.07, 6.45) is 3.53. The SMILES string of the molecule is CCC(=O)C1CCC(CN2C(=O)CC(SCCNC(=O)CCCC(=O)OCC(OC)OC(CO)OC)C2=O)CC1.CCC(CO)OC(CO)OC.CCC(CO)OC(COC(=O)CCCC(=O)N[C@H](C(=O)Oc1cccc(-c2nc(N3CCOCC3)c3oc4ncccc4c3n2)c1)C(C)C)OC.CCC(CO)OC(COC(=O)CCCC(=O)O)OC. The number of aliphatic carboxylic acids is 1. The number of aliphatic hydroxyl groups excluding tert-OH is 5. The number of anilines is 1. The number of hydrogen-bond acceptors (Lipinski definition) is 35. The molecule has 3 aromatic heterocycles. The standard InChI is InChI=1S/C36H45N5O10.C27H44N2O10S.C12H22O7.C7H16O4/c1-5-24(20-42)49-29(46-4)21-48-28(44)13-7-12-27(43)38-30(22(2)3)36(45)50-25-10-6-9-23(19-25)33-39-31-26-11-8-14-37-35(26)51-32(31)34(40-33)41-15-17-47-18-16-41;1-4-20(31)19-10-8-18(9-11-19)15-29-23(33)14-21(27(29)35)40-13-12-28-22(32)6-5-7-24(34)38-17-26(37-3)39-25(16-30)36-2;1-3-9(7-13)19-12(17-2)8-18-11(16)6-4-5-10(14)15;1-3-6(4-8)11-7(5-9)10-2/h6,8-11,14,19,22,24,29-30,42H,5,7,12-13,15-18,20-21H2,1-4H3,(H,38,43);18-19,21,25-26,30H,4-17H2,1-3H3,(H,28,32);9,12-13H,3-8H2,1-2H3,(H,14,15);6-9H,3-5H2,1-2H3/t24?,29?,30-;;;/m0.../s1. The lowest BCUT2D eigenvalue weighted by Gasteiger charge is -2.30. The zero-order valence-corrected chi connectivity index (χ0v) is 72.2. The summed E-state index contributed by atoms with van der Waals surface area (Å²) in [6, 6.07) is 9.69. The second kappa shape index (κ2) is 59.6. The van der Waals surface area contributed by atoms with E-state index < -0.39 is 84.6 Å². The number of fused-ring (bicyclic) bond motifs is 3. The number of esters is 4. The maximum Gasteiger partial charge on any atom is 0.334 e. The van der Waals surface area contributed by atoms with Crippen molar-refractivity contribution in [3.63, 3.8) is 0 Å². The van der Waals surface area contributed by atoms with E-state index >= 15 is 0 Å². The molecular formula is C82H127N7O31S. The number of carboxylic acid groups (broad SMARTS) is 1. The molecule has 0 bridgehead atoms. The van der Waals surface area contributed by atoms with Crippen LogP contribution in [0.1, 0.15) is 157 Å². The van der Waals surface area contributed by atoms with E-state index in [1.54, 1.807) is 38.2 Å². The van der Waals surface area contributed by atoms with Crippen LogP contribution in [0.4, 0.5) is 5.82 Å². The van der Waals surface area contributed by atoms with Crippen LogP contribution < -0.4 is 20.3 Å². The molecule has 2 saturated heterocycles. The van der Waals surface area contributed by atoms with Gasteiger partial charge >= 0.3 is 29.8 Å².